The molecular formula is C15H10O7. The third-order valence-electron chi connectivity index (χ3n) is 3.29. The van der Waals surface area contributed by atoms with Crippen molar-refractivity contribution in [2.45, 2.75) is 0 Å². The molecule has 112 valence electrons. The SMILES string of the molecule is O=C(O)c1ccc2c(c1Oc1ccc3c(c1)OCO3)OCO2. The van der Waals surface area contributed by atoms with Crippen molar-refractivity contribution in [1.29, 1.82) is 0 Å². The van der Waals surface area contributed by atoms with Crippen molar-refractivity contribution >= 4 is 5.97 Å². The number of hydrogen-bond donors (Lipinski definition) is 1. The molecule has 2 aliphatic rings. The van der Waals surface area contributed by atoms with Gasteiger partial charge in [-0.05, 0) is 24.3 Å². The summed E-state index contributed by atoms with van der Waals surface area (Å²) in [6.07, 6.45) is 0. The lowest BCUT2D eigenvalue weighted by Crippen LogP contribution is -2.01. The molecule has 2 aliphatic heterocycles. The summed E-state index contributed by atoms with van der Waals surface area (Å²) in [5.74, 6) is 1.27. The Kier molecular flexibility index (Phi) is 2.72. The van der Waals surface area contributed by atoms with E-state index in [2.05, 4.69) is 0 Å². The number of carboxylic acid groups (broad SMARTS) is 1. The van der Waals surface area contributed by atoms with E-state index in [1.54, 1.807) is 18.2 Å². The van der Waals surface area contributed by atoms with Gasteiger partial charge in [-0.1, -0.05) is 0 Å². The van der Waals surface area contributed by atoms with Crippen LogP contribution in [0.15, 0.2) is 30.3 Å². The van der Waals surface area contributed by atoms with E-state index in [4.69, 9.17) is 23.7 Å². The summed E-state index contributed by atoms with van der Waals surface area (Å²) in [7, 11) is 0. The minimum Gasteiger partial charge on any atom is -0.478 e. The first-order valence-electron chi connectivity index (χ1n) is 6.46. The molecule has 0 aromatic heterocycles. The third-order valence-corrected chi connectivity index (χ3v) is 3.29. The third kappa shape index (κ3) is 1.95. The molecule has 4 rings (SSSR count). The maximum atomic E-state index is 11.4. The van der Waals surface area contributed by atoms with Crippen LogP contribution in [-0.4, -0.2) is 24.7 Å². The summed E-state index contributed by atoms with van der Waals surface area (Å²) in [4.78, 5) is 11.4. The largest absolute Gasteiger partial charge is 0.478 e. The molecule has 0 radical (unpaired) electrons. The summed E-state index contributed by atoms with van der Waals surface area (Å²) in [6, 6.07) is 7.94. The number of rotatable bonds is 3. The highest BCUT2D eigenvalue weighted by atomic mass is 16.7. The van der Waals surface area contributed by atoms with E-state index in [0.717, 1.165) is 0 Å². The van der Waals surface area contributed by atoms with Crippen molar-refractivity contribution < 1.29 is 33.6 Å². The van der Waals surface area contributed by atoms with Gasteiger partial charge < -0.3 is 28.8 Å². The zero-order chi connectivity index (χ0) is 15.1. The first-order chi connectivity index (χ1) is 10.7. The average Bonchev–Trinajstić information content (AvgIpc) is 3.15. The highest BCUT2D eigenvalue weighted by molar-refractivity contribution is 5.93. The van der Waals surface area contributed by atoms with E-state index >= 15 is 0 Å². The summed E-state index contributed by atoms with van der Waals surface area (Å²) >= 11 is 0. The predicted octanol–water partition coefficient (Wildman–Crippen LogP) is 2.63. The second-order valence-corrected chi connectivity index (χ2v) is 4.60. The topological polar surface area (TPSA) is 83.5 Å². The normalized spacial score (nSPS) is 14.0. The maximum Gasteiger partial charge on any atom is 0.339 e. The van der Waals surface area contributed by atoms with Gasteiger partial charge in [0.25, 0.3) is 0 Å². The maximum absolute atomic E-state index is 11.4. The zero-order valence-corrected chi connectivity index (χ0v) is 11.2. The van der Waals surface area contributed by atoms with Crippen molar-refractivity contribution in [3.05, 3.63) is 35.9 Å². The molecule has 0 spiro atoms. The number of carbonyl (C=O) groups is 1. The van der Waals surface area contributed by atoms with Gasteiger partial charge in [0.05, 0.1) is 0 Å². The van der Waals surface area contributed by atoms with Crippen LogP contribution >= 0.6 is 0 Å². The fourth-order valence-electron chi connectivity index (χ4n) is 2.27. The lowest BCUT2D eigenvalue weighted by molar-refractivity contribution is 0.0693. The minimum atomic E-state index is -1.12. The van der Waals surface area contributed by atoms with Crippen LogP contribution < -0.4 is 23.7 Å². The fraction of sp³-hybridized carbons (Fsp3) is 0.133. The fourth-order valence-corrected chi connectivity index (χ4v) is 2.27. The van der Waals surface area contributed by atoms with Crippen molar-refractivity contribution in [1.82, 2.24) is 0 Å². The van der Waals surface area contributed by atoms with E-state index in [1.807, 2.05) is 0 Å². The summed E-state index contributed by atoms with van der Waals surface area (Å²) in [6.45, 7) is 0.173. The molecule has 0 aliphatic carbocycles. The molecule has 2 aromatic rings. The Bertz CT molecular complexity index is 769. The van der Waals surface area contributed by atoms with Crippen molar-refractivity contribution in [2.75, 3.05) is 13.6 Å². The van der Waals surface area contributed by atoms with E-state index in [9.17, 15) is 9.90 Å². The van der Waals surface area contributed by atoms with Crippen LogP contribution in [0.4, 0.5) is 0 Å². The second kappa shape index (κ2) is 4.73. The van der Waals surface area contributed by atoms with Crippen LogP contribution in [0.25, 0.3) is 0 Å². The van der Waals surface area contributed by atoms with Crippen molar-refractivity contribution in [3.8, 4) is 34.5 Å². The number of aromatic carboxylic acids is 1. The first-order valence-corrected chi connectivity index (χ1v) is 6.46. The predicted molar refractivity (Wildman–Crippen MR) is 72.2 cm³/mol. The summed E-state index contributed by atoms with van der Waals surface area (Å²) in [5, 5.41) is 9.31. The van der Waals surface area contributed by atoms with Crippen molar-refractivity contribution in [3.63, 3.8) is 0 Å². The monoisotopic (exact) mass is 302 g/mol. The van der Waals surface area contributed by atoms with Gasteiger partial charge in [0.15, 0.2) is 23.0 Å². The van der Waals surface area contributed by atoms with Gasteiger partial charge in [0, 0.05) is 6.07 Å². The van der Waals surface area contributed by atoms with Gasteiger partial charge in [-0.3, -0.25) is 0 Å². The van der Waals surface area contributed by atoms with E-state index < -0.39 is 5.97 Å². The molecule has 2 aromatic carbocycles. The van der Waals surface area contributed by atoms with Crippen LogP contribution in [0, 0.1) is 0 Å². The van der Waals surface area contributed by atoms with E-state index in [-0.39, 0.29) is 30.6 Å². The number of ether oxygens (including phenoxy) is 5. The molecule has 1 N–H and O–H groups in total. The van der Waals surface area contributed by atoms with Crippen LogP contribution in [0.5, 0.6) is 34.5 Å². The molecule has 7 nitrogen and oxygen atoms in total. The number of benzene rings is 2. The van der Waals surface area contributed by atoms with Gasteiger partial charge in [-0.15, -0.1) is 0 Å². The van der Waals surface area contributed by atoms with Gasteiger partial charge in [-0.2, -0.15) is 0 Å². The highest BCUT2D eigenvalue weighted by Gasteiger charge is 2.26. The smallest absolute Gasteiger partial charge is 0.339 e. The Morgan fingerprint density at radius 1 is 0.955 bits per heavy atom. The Hall–Kier alpha value is -3.09. The van der Waals surface area contributed by atoms with Gasteiger partial charge in [0.2, 0.25) is 19.3 Å². The molecule has 0 amide bonds. The zero-order valence-electron chi connectivity index (χ0n) is 11.2. The lowest BCUT2D eigenvalue weighted by Gasteiger charge is -2.11. The van der Waals surface area contributed by atoms with Gasteiger partial charge in [-0.25, -0.2) is 4.79 Å². The first kappa shape index (κ1) is 12.6. The minimum absolute atomic E-state index is 0.0121. The molecular weight excluding hydrogens is 292 g/mol. The molecule has 22 heavy (non-hydrogen) atoms. The molecule has 0 bridgehead atoms. The second-order valence-electron chi connectivity index (χ2n) is 4.60. The van der Waals surface area contributed by atoms with Crippen LogP contribution in [-0.2, 0) is 0 Å². The van der Waals surface area contributed by atoms with Crippen LogP contribution in [0.3, 0.4) is 0 Å². The Morgan fingerprint density at radius 2 is 1.68 bits per heavy atom. The summed E-state index contributed by atoms with van der Waals surface area (Å²) < 4.78 is 26.8. The van der Waals surface area contributed by atoms with Crippen LogP contribution in [0.1, 0.15) is 10.4 Å². The molecule has 0 atom stereocenters. The highest BCUT2D eigenvalue weighted by Crippen LogP contribution is 2.46. The van der Waals surface area contributed by atoms with Crippen LogP contribution in [0.2, 0.25) is 0 Å². The van der Waals surface area contributed by atoms with Gasteiger partial charge >= 0.3 is 5.97 Å². The molecule has 0 unspecified atom stereocenters. The Morgan fingerprint density at radius 3 is 2.55 bits per heavy atom. The standard InChI is InChI=1S/C15H10O7/c16-15(17)9-2-4-11-14(21-7-19-11)13(9)22-8-1-3-10-12(5-8)20-6-18-10/h1-5H,6-7H2,(H,16,17). The number of carboxylic acids is 1. The lowest BCUT2D eigenvalue weighted by atomic mass is 10.1. The molecule has 0 saturated heterocycles. The Balaban J connectivity index is 1.76. The van der Waals surface area contributed by atoms with Crippen molar-refractivity contribution in [2.24, 2.45) is 0 Å². The number of hydrogen-bond acceptors (Lipinski definition) is 6. The van der Waals surface area contributed by atoms with E-state index in [1.165, 1.54) is 12.1 Å². The quantitative estimate of drug-likeness (QED) is 0.933. The van der Waals surface area contributed by atoms with E-state index in [0.29, 0.717) is 23.0 Å². The number of fused-ring (bicyclic) bond motifs is 2. The summed E-state index contributed by atoms with van der Waals surface area (Å²) in [5.41, 5.74) is -0.0121. The van der Waals surface area contributed by atoms with Gasteiger partial charge in [0.1, 0.15) is 11.3 Å². The average molecular weight is 302 g/mol. The Labute approximate surface area is 124 Å². The molecule has 2 heterocycles. The molecule has 0 fully saturated rings. The molecule has 0 saturated carbocycles. The molecule has 7 heteroatoms.